The largest absolute Gasteiger partial charge is 0.390 e. The monoisotopic (exact) mass is 596 g/mol. The number of alkyl halides is 2. The van der Waals surface area contributed by atoms with E-state index in [-0.39, 0.29) is 11.6 Å². The second kappa shape index (κ2) is 11.0. The third-order valence-electron chi connectivity index (χ3n) is 7.58. The number of rotatable bonds is 9. The van der Waals surface area contributed by atoms with E-state index in [9.17, 15) is 22.3 Å². The number of nitrogens with zero attached hydrogens (tertiary/aromatic N) is 6. The van der Waals surface area contributed by atoms with Crippen LogP contribution >= 0.6 is 0 Å². The smallest absolute Gasteiger partial charge is 0.265 e. The molecule has 42 heavy (non-hydrogen) atoms. The van der Waals surface area contributed by atoms with Gasteiger partial charge in [0, 0.05) is 47.5 Å². The van der Waals surface area contributed by atoms with E-state index >= 15 is 0 Å². The maximum Gasteiger partial charge on any atom is 0.265 e. The lowest BCUT2D eigenvalue weighted by Gasteiger charge is -2.34. The summed E-state index contributed by atoms with van der Waals surface area (Å²) in [6, 6.07) is 6.44. The molecular weight excluding hydrogens is 566 g/mol. The highest BCUT2D eigenvalue weighted by molar-refractivity contribution is 7.90. The average Bonchev–Trinajstić information content (AvgIpc) is 3.71. The van der Waals surface area contributed by atoms with Crippen LogP contribution in [0.3, 0.4) is 0 Å². The molecule has 0 spiro atoms. The fourth-order valence-electron chi connectivity index (χ4n) is 4.92. The van der Waals surface area contributed by atoms with E-state index in [4.69, 9.17) is 0 Å². The molecule has 6 rings (SSSR count). The first-order chi connectivity index (χ1) is 20.1. The van der Waals surface area contributed by atoms with Crippen LogP contribution < -0.4 is 10.6 Å². The lowest BCUT2D eigenvalue weighted by atomic mass is 9.83. The molecule has 0 amide bonds. The quantitative estimate of drug-likeness (QED) is 0.243. The second-order valence-corrected chi connectivity index (χ2v) is 13.1. The van der Waals surface area contributed by atoms with E-state index in [1.807, 2.05) is 6.92 Å². The summed E-state index contributed by atoms with van der Waals surface area (Å²) in [5, 5.41) is 20.7. The maximum absolute atomic E-state index is 13.1. The SMILES string of the molecule is CC1(O)CCC(Nc2cc(Nc3ccnc(-c4cnn(S(=O)(=O)C5CC5)c4)n3)ncc2-c2ccc(C(F)F)cn2)CC1. The fourth-order valence-corrected chi connectivity index (χ4v) is 6.40. The van der Waals surface area contributed by atoms with Crippen molar-refractivity contribution in [1.29, 1.82) is 0 Å². The Morgan fingerprint density at radius 3 is 2.50 bits per heavy atom. The van der Waals surface area contributed by atoms with E-state index in [1.54, 1.807) is 30.6 Å². The summed E-state index contributed by atoms with van der Waals surface area (Å²) in [4.78, 5) is 17.6. The number of anilines is 3. The highest BCUT2D eigenvalue weighted by Gasteiger charge is 2.37. The van der Waals surface area contributed by atoms with Crippen molar-refractivity contribution in [3.8, 4) is 22.6 Å². The fraction of sp³-hybridized carbons (Fsp3) is 0.393. The Labute approximate surface area is 241 Å². The van der Waals surface area contributed by atoms with Gasteiger partial charge in [0.05, 0.1) is 34.5 Å². The molecule has 2 saturated carbocycles. The molecule has 0 aromatic carbocycles. The number of aliphatic hydroxyl groups is 1. The molecule has 4 heterocycles. The lowest BCUT2D eigenvalue weighted by Crippen LogP contribution is -2.35. The molecular formula is C28H30F2N8O3S. The lowest BCUT2D eigenvalue weighted by molar-refractivity contribution is 0.0196. The van der Waals surface area contributed by atoms with Crippen molar-refractivity contribution in [2.24, 2.45) is 0 Å². The van der Waals surface area contributed by atoms with Crippen LogP contribution in [0, 0.1) is 0 Å². The van der Waals surface area contributed by atoms with Crippen molar-refractivity contribution in [2.75, 3.05) is 10.6 Å². The molecule has 11 nitrogen and oxygen atoms in total. The molecule has 2 aliphatic carbocycles. The first-order valence-corrected chi connectivity index (χ1v) is 15.2. The summed E-state index contributed by atoms with van der Waals surface area (Å²) >= 11 is 0. The summed E-state index contributed by atoms with van der Waals surface area (Å²) in [6.07, 6.45) is 8.63. The molecule has 0 aliphatic heterocycles. The third-order valence-corrected chi connectivity index (χ3v) is 9.61. The first-order valence-electron chi connectivity index (χ1n) is 13.7. The van der Waals surface area contributed by atoms with Crippen LogP contribution in [0.25, 0.3) is 22.6 Å². The summed E-state index contributed by atoms with van der Waals surface area (Å²) in [5.41, 5.74) is 1.45. The summed E-state index contributed by atoms with van der Waals surface area (Å²) in [7, 11) is -3.51. The predicted octanol–water partition coefficient (Wildman–Crippen LogP) is 4.92. The highest BCUT2D eigenvalue weighted by atomic mass is 32.2. The van der Waals surface area contributed by atoms with Gasteiger partial charge >= 0.3 is 0 Å². The number of hydrogen-bond donors (Lipinski definition) is 3. The zero-order valence-corrected chi connectivity index (χ0v) is 23.6. The summed E-state index contributed by atoms with van der Waals surface area (Å²) < 4.78 is 52.2. The Kier molecular flexibility index (Phi) is 7.35. The van der Waals surface area contributed by atoms with Crippen molar-refractivity contribution in [3.63, 3.8) is 0 Å². The van der Waals surface area contributed by atoms with Gasteiger partial charge in [0.15, 0.2) is 5.82 Å². The minimum atomic E-state index is -3.51. The first kappa shape index (κ1) is 28.1. The average molecular weight is 597 g/mol. The number of nitrogens with one attached hydrogen (secondary N) is 2. The van der Waals surface area contributed by atoms with Gasteiger partial charge in [-0.05, 0) is 63.6 Å². The van der Waals surface area contributed by atoms with Crippen molar-refractivity contribution >= 4 is 27.3 Å². The molecule has 0 atom stereocenters. The van der Waals surface area contributed by atoms with E-state index in [0.29, 0.717) is 65.7 Å². The number of halogens is 2. The normalized spacial score (nSPS) is 20.9. The molecule has 4 aromatic rings. The van der Waals surface area contributed by atoms with Crippen molar-refractivity contribution in [3.05, 3.63) is 60.8 Å². The van der Waals surface area contributed by atoms with Crippen molar-refractivity contribution in [1.82, 2.24) is 29.1 Å². The van der Waals surface area contributed by atoms with Crippen LogP contribution in [-0.4, -0.2) is 59.5 Å². The van der Waals surface area contributed by atoms with Gasteiger partial charge in [-0.2, -0.15) is 9.19 Å². The van der Waals surface area contributed by atoms with Gasteiger partial charge in [-0.3, -0.25) is 4.98 Å². The number of aromatic nitrogens is 6. The van der Waals surface area contributed by atoms with Gasteiger partial charge in [-0.1, -0.05) is 0 Å². The Morgan fingerprint density at radius 1 is 1.02 bits per heavy atom. The second-order valence-electron chi connectivity index (χ2n) is 11.0. The predicted molar refractivity (Wildman–Crippen MR) is 153 cm³/mol. The van der Waals surface area contributed by atoms with Gasteiger partial charge in [0.1, 0.15) is 11.6 Å². The van der Waals surface area contributed by atoms with Crippen LogP contribution in [0.1, 0.15) is 57.4 Å². The Balaban J connectivity index is 1.26. The molecule has 4 aromatic heterocycles. The Hall–Kier alpha value is -4.04. The molecule has 2 aliphatic rings. The minimum Gasteiger partial charge on any atom is -0.390 e. The zero-order chi connectivity index (χ0) is 29.5. The van der Waals surface area contributed by atoms with Crippen molar-refractivity contribution < 1.29 is 22.3 Å². The number of hydrogen-bond acceptors (Lipinski definition) is 10. The van der Waals surface area contributed by atoms with Gasteiger partial charge in [-0.15, -0.1) is 0 Å². The standard InChI is InChI=1S/C28H30F2N8O3S/c1-28(39)9-6-19(7-10-28)35-23-12-25(33-15-21(23)22-5-2-17(13-32-22)26(29)30)36-24-8-11-31-27(37-24)18-14-34-38(16-18)42(40,41)20-3-4-20/h2,5,8,11-16,19-20,26,39H,3-4,6-7,9-10H2,1H3,(H2,31,33,35,36,37). The number of pyridine rings is 2. The molecule has 220 valence electrons. The van der Waals surface area contributed by atoms with E-state index in [1.165, 1.54) is 18.5 Å². The third kappa shape index (κ3) is 6.09. The van der Waals surface area contributed by atoms with Gasteiger partial charge in [0.25, 0.3) is 16.4 Å². The van der Waals surface area contributed by atoms with Crippen LogP contribution in [0.15, 0.2) is 55.2 Å². The molecule has 0 saturated heterocycles. The minimum absolute atomic E-state index is 0.0914. The van der Waals surface area contributed by atoms with Gasteiger partial charge < -0.3 is 15.7 Å². The van der Waals surface area contributed by atoms with Gasteiger partial charge in [-0.25, -0.2) is 32.2 Å². The highest BCUT2D eigenvalue weighted by Crippen LogP contribution is 2.35. The van der Waals surface area contributed by atoms with E-state index in [0.717, 1.165) is 23.1 Å². The maximum atomic E-state index is 13.1. The van der Waals surface area contributed by atoms with Crippen LogP contribution in [0.5, 0.6) is 0 Å². The molecule has 14 heteroatoms. The van der Waals surface area contributed by atoms with E-state index < -0.39 is 27.3 Å². The van der Waals surface area contributed by atoms with Crippen LogP contribution in [-0.2, 0) is 10.0 Å². The molecule has 0 unspecified atom stereocenters. The van der Waals surface area contributed by atoms with Crippen molar-refractivity contribution in [2.45, 2.75) is 68.8 Å². The van der Waals surface area contributed by atoms with Crippen LogP contribution in [0.4, 0.5) is 26.1 Å². The topological polar surface area (TPSA) is 148 Å². The molecule has 3 N–H and O–H groups in total. The Bertz CT molecular complexity index is 1680. The van der Waals surface area contributed by atoms with Gasteiger partial charge in [0.2, 0.25) is 0 Å². The van der Waals surface area contributed by atoms with Crippen LogP contribution in [0.2, 0.25) is 0 Å². The summed E-state index contributed by atoms with van der Waals surface area (Å²) in [6.45, 7) is 1.84. The molecule has 2 fully saturated rings. The molecule has 0 radical (unpaired) electrons. The Morgan fingerprint density at radius 2 is 1.81 bits per heavy atom. The van der Waals surface area contributed by atoms with E-state index in [2.05, 4.69) is 35.7 Å². The summed E-state index contributed by atoms with van der Waals surface area (Å²) in [5.74, 6) is 1.19. The molecule has 0 bridgehead atoms. The zero-order valence-electron chi connectivity index (χ0n) is 22.8.